The van der Waals surface area contributed by atoms with E-state index in [-0.39, 0.29) is 17.3 Å². The van der Waals surface area contributed by atoms with E-state index in [1.165, 1.54) is 6.33 Å². The molecule has 2 fully saturated rings. The summed E-state index contributed by atoms with van der Waals surface area (Å²) in [7, 11) is 0. The van der Waals surface area contributed by atoms with Crippen LogP contribution < -0.4 is 5.73 Å². The number of fused-ring (bicyclic) bond motifs is 2. The number of amides is 1. The van der Waals surface area contributed by atoms with Crippen molar-refractivity contribution in [3.63, 3.8) is 0 Å². The summed E-state index contributed by atoms with van der Waals surface area (Å²) in [6, 6.07) is 17.5. The van der Waals surface area contributed by atoms with Crippen LogP contribution in [0, 0.1) is 5.82 Å². The summed E-state index contributed by atoms with van der Waals surface area (Å²) in [5, 5.41) is 5.17. The highest BCUT2D eigenvalue weighted by Gasteiger charge is 2.39. The number of pyridine rings is 1. The molecule has 7 rings (SSSR count). The van der Waals surface area contributed by atoms with E-state index in [0.717, 1.165) is 56.8 Å². The van der Waals surface area contributed by atoms with Crippen LogP contribution in [-0.2, 0) is 4.79 Å². The molecule has 0 atom stereocenters. The Morgan fingerprint density at radius 3 is 2.49 bits per heavy atom. The minimum Gasteiger partial charge on any atom is -0.382 e. The van der Waals surface area contributed by atoms with Crippen LogP contribution in [0.5, 0.6) is 0 Å². The van der Waals surface area contributed by atoms with Gasteiger partial charge in [-0.25, -0.2) is 23.9 Å². The summed E-state index contributed by atoms with van der Waals surface area (Å²) in [6.07, 6.45) is 4.18. The van der Waals surface area contributed by atoms with Crippen LogP contribution in [0.2, 0.25) is 0 Å². The summed E-state index contributed by atoms with van der Waals surface area (Å²) in [6.45, 7) is 3.26. The molecule has 0 unspecified atom stereocenters. The Bertz CT molecular complexity index is 1690. The molecule has 4 heterocycles. The van der Waals surface area contributed by atoms with Gasteiger partial charge in [0.05, 0.1) is 5.69 Å². The number of nitrogen functional groups attached to an aromatic ring is 1. The molecule has 39 heavy (non-hydrogen) atoms. The van der Waals surface area contributed by atoms with Crippen LogP contribution in [0.15, 0.2) is 60.9 Å². The van der Waals surface area contributed by atoms with Gasteiger partial charge < -0.3 is 10.6 Å². The lowest BCUT2D eigenvalue weighted by Gasteiger charge is -2.45. The average molecular weight is 523 g/mol. The molecule has 2 aliphatic rings. The number of hydrogen-bond acceptors (Lipinski definition) is 7. The first-order valence-corrected chi connectivity index (χ1v) is 13.2. The van der Waals surface area contributed by atoms with Crippen LogP contribution in [0.25, 0.3) is 38.9 Å². The number of benzene rings is 2. The number of halogens is 1. The number of nitrogens with zero attached hydrogens (tertiary/aromatic N) is 7. The average Bonchev–Trinajstić information content (AvgIpc) is 3.33. The minimum absolute atomic E-state index is 0.168. The van der Waals surface area contributed by atoms with E-state index in [4.69, 9.17) is 10.7 Å². The molecule has 9 nitrogen and oxygen atoms in total. The second-order valence-corrected chi connectivity index (χ2v) is 10.3. The number of rotatable bonds is 5. The van der Waals surface area contributed by atoms with Crippen molar-refractivity contribution in [1.29, 1.82) is 0 Å². The number of carbonyl (C=O) groups is 1. The Morgan fingerprint density at radius 1 is 0.949 bits per heavy atom. The summed E-state index contributed by atoms with van der Waals surface area (Å²) < 4.78 is 17.9. The van der Waals surface area contributed by atoms with Gasteiger partial charge in [0.1, 0.15) is 28.9 Å². The first-order chi connectivity index (χ1) is 19.1. The zero-order chi connectivity index (χ0) is 26.5. The quantitative estimate of drug-likeness (QED) is 0.351. The first-order valence-electron chi connectivity index (χ1n) is 13.2. The Hall–Kier alpha value is -4.44. The fourth-order valence-corrected chi connectivity index (χ4v) is 5.84. The van der Waals surface area contributed by atoms with E-state index in [9.17, 15) is 4.79 Å². The van der Waals surface area contributed by atoms with Gasteiger partial charge in [0.15, 0.2) is 11.6 Å². The maximum atomic E-state index is 16.2. The van der Waals surface area contributed by atoms with Gasteiger partial charge in [-0.15, -0.1) is 0 Å². The molecule has 1 saturated heterocycles. The van der Waals surface area contributed by atoms with Gasteiger partial charge in [-0.2, -0.15) is 5.10 Å². The molecule has 5 aromatic rings. The molecule has 1 amide bonds. The van der Waals surface area contributed by atoms with Crippen LogP contribution in [0.4, 0.5) is 10.2 Å². The van der Waals surface area contributed by atoms with E-state index in [1.54, 1.807) is 10.6 Å². The molecule has 196 valence electrons. The third-order valence-electron chi connectivity index (χ3n) is 8.10. The van der Waals surface area contributed by atoms with Gasteiger partial charge >= 0.3 is 0 Å². The van der Waals surface area contributed by atoms with Crippen molar-refractivity contribution in [2.24, 2.45) is 0 Å². The van der Waals surface area contributed by atoms with E-state index in [1.807, 2.05) is 53.4 Å². The highest BCUT2D eigenvalue weighted by Crippen LogP contribution is 2.42. The van der Waals surface area contributed by atoms with Crippen molar-refractivity contribution >= 4 is 28.6 Å². The predicted octanol–water partition coefficient (Wildman–Crippen LogP) is 3.75. The number of carbonyl (C=O) groups excluding carboxylic acids is 1. The van der Waals surface area contributed by atoms with Crippen molar-refractivity contribution < 1.29 is 9.18 Å². The van der Waals surface area contributed by atoms with Gasteiger partial charge in [-0.3, -0.25) is 9.69 Å². The van der Waals surface area contributed by atoms with Crippen LogP contribution in [-0.4, -0.2) is 73.0 Å². The number of hydrogen-bond donors (Lipinski definition) is 1. The van der Waals surface area contributed by atoms with E-state index >= 15 is 4.39 Å². The largest absolute Gasteiger partial charge is 0.382 e. The monoisotopic (exact) mass is 522 g/mol. The predicted molar refractivity (Wildman–Crippen MR) is 146 cm³/mol. The second kappa shape index (κ2) is 9.39. The standard InChI is InChI=1S/C29H27FN8O/c30-24-22(8-6-19-7-9-23(34-25(19)24)18-4-2-1-3-5-18)26-27-28(31)32-16-33-38(27)29(35-26)20-14-21(15-20)37-12-10-36(17-39)11-13-37/h1-9,16-17,20-21H,10-15H2,(H2,31,32,33). The maximum absolute atomic E-state index is 16.2. The Morgan fingerprint density at radius 2 is 1.72 bits per heavy atom. The van der Waals surface area contributed by atoms with E-state index in [0.29, 0.717) is 33.9 Å². The maximum Gasteiger partial charge on any atom is 0.209 e. The van der Waals surface area contributed by atoms with Gasteiger partial charge in [-0.05, 0) is 25.0 Å². The fraction of sp³-hybridized carbons (Fsp3) is 0.276. The smallest absolute Gasteiger partial charge is 0.209 e. The lowest BCUT2D eigenvalue weighted by molar-refractivity contribution is -0.120. The summed E-state index contributed by atoms with van der Waals surface area (Å²) in [5.74, 6) is 0.744. The van der Waals surface area contributed by atoms with Gasteiger partial charge in [0, 0.05) is 54.7 Å². The Labute approximate surface area is 224 Å². The van der Waals surface area contributed by atoms with Crippen molar-refractivity contribution in [2.45, 2.75) is 24.8 Å². The molecule has 1 aliphatic carbocycles. The lowest BCUT2D eigenvalue weighted by Crippen LogP contribution is -2.53. The highest BCUT2D eigenvalue weighted by molar-refractivity contribution is 5.92. The molecule has 0 bridgehead atoms. The van der Waals surface area contributed by atoms with Crippen molar-refractivity contribution in [3.05, 3.63) is 72.6 Å². The van der Waals surface area contributed by atoms with Crippen LogP contribution in [0.3, 0.4) is 0 Å². The third kappa shape index (κ3) is 3.99. The molecular weight excluding hydrogens is 495 g/mol. The molecule has 0 radical (unpaired) electrons. The third-order valence-corrected chi connectivity index (χ3v) is 8.10. The number of imidazole rings is 1. The second-order valence-electron chi connectivity index (χ2n) is 10.3. The summed E-state index contributed by atoms with van der Waals surface area (Å²) in [4.78, 5) is 29.1. The van der Waals surface area contributed by atoms with Crippen molar-refractivity contribution in [3.8, 4) is 22.5 Å². The zero-order valence-corrected chi connectivity index (χ0v) is 21.2. The Balaban J connectivity index is 1.25. The minimum atomic E-state index is -0.445. The van der Waals surface area contributed by atoms with Crippen LogP contribution >= 0.6 is 0 Å². The first kappa shape index (κ1) is 23.7. The highest BCUT2D eigenvalue weighted by atomic mass is 19.1. The normalized spacial score (nSPS) is 19.9. The number of anilines is 1. The molecule has 1 saturated carbocycles. The summed E-state index contributed by atoms with van der Waals surface area (Å²) in [5.41, 5.74) is 9.47. The summed E-state index contributed by atoms with van der Waals surface area (Å²) >= 11 is 0. The zero-order valence-electron chi connectivity index (χ0n) is 21.2. The number of aromatic nitrogens is 5. The SMILES string of the molecule is Nc1ncnn2c(C3CC(N4CCN(C=O)CC4)C3)nc(-c3ccc4ccc(-c5ccccc5)nc4c3F)c12. The molecule has 1 aliphatic heterocycles. The van der Waals surface area contributed by atoms with Gasteiger partial charge in [0.2, 0.25) is 6.41 Å². The molecule has 2 N–H and O–H groups in total. The van der Waals surface area contributed by atoms with Crippen LogP contribution in [0.1, 0.15) is 24.6 Å². The van der Waals surface area contributed by atoms with Gasteiger partial charge in [-0.1, -0.05) is 42.5 Å². The number of piperazine rings is 1. The Kier molecular flexibility index (Phi) is 5.70. The topological polar surface area (TPSA) is 106 Å². The van der Waals surface area contributed by atoms with Gasteiger partial charge in [0.25, 0.3) is 0 Å². The lowest BCUT2D eigenvalue weighted by atomic mass is 9.78. The van der Waals surface area contributed by atoms with E-state index < -0.39 is 5.82 Å². The fourth-order valence-electron chi connectivity index (χ4n) is 5.84. The molecule has 0 spiro atoms. The molecule has 2 aromatic carbocycles. The van der Waals surface area contributed by atoms with Crippen molar-refractivity contribution in [1.82, 2.24) is 34.4 Å². The molecular formula is C29H27FN8O. The molecule has 3 aromatic heterocycles. The van der Waals surface area contributed by atoms with E-state index in [2.05, 4.69) is 20.0 Å². The number of nitrogens with two attached hydrogens (primary N) is 1. The molecule has 10 heteroatoms. The van der Waals surface area contributed by atoms with Crippen molar-refractivity contribution in [2.75, 3.05) is 31.9 Å².